The number of carbonyl (C=O) groups is 3. The number of aromatic carboxylic acids is 1. The van der Waals surface area contributed by atoms with Gasteiger partial charge in [-0.1, -0.05) is 39.0 Å². The first-order chi connectivity index (χ1) is 19.3. The summed E-state index contributed by atoms with van der Waals surface area (Å²) in [5.41, 5.74) is 8.14. The number of benzene rings is 1. The number of anilines is 1. The Balaban J connectivity index is 1.37. The van der Waals surface area contributed by atoms with Gasteiger partial charge in [0, 0.05) is 35.1 Å². The summed E-state index contributed by atoms with van der Waals surface area (Å²) < 4.78 is 13.1. The summed E-state index contributed by atoms with van der Waals surface area (Å²) in [7, 11) is 0. The average Bonchev–Trinajstić information content (AvgIpc) is 3.59. The van der Waals surface area contributed by atoms with Crippen LogP contribution in [0.25, 0.3) is 10.9 Å². The third-order valence-electron chi connectivity index (χ3n) is 9.90. The highest BCUT2D eigenvalue weighted by Crippen LogP contribution is 2.41. The summed E-state index contributed by atoms with van der Waals surface area (Å²) in [5.74, 6) is -0.609. The average molecular weight is 555 g/mol. The Kier molecular flexibility index (Phi) is 8.78. The molecular formula is C31H43FN4O4. The van der Waals surface area contributed by atoms with E-state index in [1.165, 1.54) is 6.42 Å². The fraction of sp³-hybridized carbons (Fsp3) is 0.645. The second kappa shape index (κ2) is 12.3. The van der Waals surface area contributed by atoms with Crippen molar-refractivity contribution in [1.82, 2.24) is 9.88 Å². The number of halogens is 1. The first-order valence-electron chi connectivity index (χ1n) is 15.1. The number of nitrogens with zero attached hydrogens (tertiary/aromatic N) is 1. The topological polar surface area (TPSA) is 129 Å². The predicted octanol–water partition coefficient (Wildman–Crippen LogP) is 5.27. The van der Waals surface area contributed by atoms with Crippen molar-refractivity contribution in [2.75, 3.05) is 18.5 Å². The Hall–Kier alpha value is -2.94. The van der Waals surface area contributed by atoms with E-state index in [4.69, 9.17) is 5.73 Å². The SMILES string of the molecule is CCc1c(C(=O)O)[nH]c2ccc(NC(=O)[C@@H]3C(C4CCCCC4)CCN3C(=O)C3CCC([C@H](N)CF)CC3)cc12. The molecule has 2 saturated carbocycles. The number of carboxylic acid groups (broad SMARTS) is 1. The van der Waals surface area contributed by atoms with Gasteiger partial charge in [-0.15, -0.1) is 0 Å². The number of likely N-dealkylation sites (tertiary alicyclic amines) is 1. The summed E-state index contributed by atoms with van der Waals surface area (Å²) in [5, 5.41) is 13.5. The van der Waals surface area contributed by atoms with E-state index in [0.29, 0.717) is 48.5 Å². The van der Waals surface area contributed by atoms with Gasteiger partial charge in [-0.3, -0.25) is 9.59 Å². The number of H-pyrrole nitrogens is 1. The molecule has 3 atom stereocenters. The molecule has 40 heavy (non-hydrogen) atoms. The standard InChI is InChI=1S/C31H43FN4O4/c1-2-22-24-16-21(12-13-26(24)35-27(22)31(39)40)34-29(37)28-23(18-6-4-3-5-7-18)14-15-36(28)30(38)20-10-8-19(9-11-20)25(33)17-32/h12-13,16,18-20,23,25,28,35H,2-11,14-15,17,33H2,1H3,(H,34,37)(H,39,40)/t19?,20?,23?,25-,28+/m1/s1. The minimum absolute atomic E-state index is 0.0474. The number of carbonyl (C=O) groups excluding carboxylic acids is 2. The molecule has 0 bridgehead atoms. The maximum Gasteiger partial charge on any atom is 0.352 e. The largest absolute Gasteiger partial charge is 0.477 e. The Labute approximate surface area is 235 Å². The molecule has 0 spiro atoms. The number of alkyl halides is 1. The molecule has 5 N–H and O–H groups in total. The molecule has 1 saturated heterocycles. The van der Waals surface area contributed by atoms with Gasteiger partial charge in [-0.25, -0.2) is 9.18 Å². The number of amides is 2. The molecule has 1 aromatic heterocycles. The van der Waals surface area contributed by atoms with Gasteiger partial charge in [0.2, 0.25) is 11.8 Å². The number of rotatable bonds is 8. The molecule has 1 aliphatic heterocycles. The molecule has 0 radical (unpaired) electrons. The van der Waals surface area contributed by atoms with E-state index in [0.717, 1.165) is 50.3 Å². The van der Waals surface area contributed by atoms with E-state index >= 15 is 0 Å². The van der Waals surface area contributed by atoms with Crippen LogP contribution in [0.3, 0.4) is 0 Å². The summed E-state index contributed by atoms with van der Waals surface area (Å²) in [6.07, 6.45) is 9.98. The first kappa shape index (κ1) is 28.6. The van der Waals surface area contributed by atoms with Gasteiger partial charge in [-0.05, 0) is 80.0 Å². The summed E-state index contributed by atoms with van der Waals surface area (Å²) in [6.45, 7) is 1.96. The molecule has 2 amide bonds. The lowest BCUT2D eigenvalue weighted by atomic mass is 9.76. The number of carboxylic acids is 1. The van der Waals surface area contributed by atoms with Gasteiger partial charge in [0.1, 0.15) is 18.4 Å². The summed E-state index contributed by atoms with van der Waals surface area (Å²) in [6, 6.07) is 4.43. The minimum Gasteiger partial charge on any atom is -0.477 e. The van der Waals surface area contributed by atoms with Crippen molar-refractivity contribution in [3.63, 3.8) is 0 Å². The van der Waals surface area contributed by atoms with Gasteiger partial charge in [0.15, 0.2) is 0 Å². The minimum atomic E-state index is -1.00. The van der Waals surface area contributed by atoms with Crippen LogP contribution < -0.4 is 11.1 Å². The van der Waals surface area contributed by atoms with Crippen molar-refractivity contribution in [1.29, 1.82) is 0 Å². The molecule has 2 heterocycles. The molecule has 3 fully saturated rings. The van der Waals surface area contributed by atoms with Crippen molar-refractivity contribution in [3.05, 3.63) is 29.5 Å². The number of fused-ring (bicyclic) bond motifs is 1. The molecule has 1 unspecified atom stereocenters. The van der Waals surface area contributed by atoms with E-state index in [2.05, 4.69) is 10.3 Å². The van der Waals surface area contributed by atoms with Crippen LogP contribution >= 0.6 is 0 Å². The summed E-state index contributed by atoms with van der Waals surface area (Å²) in [4.78, 5) is 44.4. The molecule has 9 heteroatoms. The smallest absolute Gasteiger partial charge is 0.352 e. The van der Waals surface area contributed by atoms with Crippen molar-refractivity contribution >= 4 is 34.4 Å². The highest BCUT2D eigenvalue weighted by molar-refractivity contribution is 6.02. The Morgan fingerprint density at radius 2 is 1.82 bits per heavy atom. The number of aromatic nitrogens is 1. The molecule has 218 valence electrons. The maximum absolute atomic E-state index is 14.0. The third-order valence-corrected chi connectivity index (χ3v) is 9.90. The number of hydrogen-bond donors (Lipinski definition) is 4. The van der Waals surface area contributed by atoms with Crippen LogP contribution in [-0.2, 0) is 16.0 Å². The van der Waals surface area contributed by atoms with E-state index < -0.39 is 24.7 Å². The van der Waals surface area contributed by atoms with Crippen LogP contribution in [0.2, 0.25) is 0 Å². The number of aryl methyl sites for hydroxylation is 1. The van der Waals surface area contributed by atoms with E-state index in [1.807, 2.05) is 17.9 Å². The van der Waals surface area contributed by atoms with Crippen LogP contribution in [-0.4, -0.2) is 58.1 Å². The Morgan fingerprint density at radius 3 is 2.48 bits per heavy atom. The van der Waals surface area contributed by atoms with E-state index in [1.54, 1.807) is 12.1 Å². The summed E-state index contributed by atoms with van der Waals surface area (Å²) >= 11 is 0. The second-order valence-electron chi connectivity index (χ2n) is 12.1. The van der Waals surface area contributed by atoms with Gasteiger partial charge < -0.3 is 26.0 Å². The molecule has 8 nitrogen and oxygen atoms in total. The van der Waals surface area contributed by atoms with Crippen molar-refractivity contribution < 1.29 is 23.9 Å². The second-order valence-corrected chi connectivity index (χ2v) is 12.1. The monoisotopic (exact) mass is 554 g/mol. The molecule has 5 rings (SSSR count). The van der Waals surface area contributed by atoms with Gasteiger partial charge in [-0.2, -0.15) is 0 Å². The van der Waals surface area contributed by atoms with Crippen LogP contribution in [0.1, 0.15) is 87.2 Å². The Morgan fingerprint density at radius 1 is 1.10 bits per heavy atom. The van der Waals surface area contributed by atoms with E-state index in [9.17, 15) is 23.9 Å². The molecule has 3 aliphatic rings. The highest BCUT2D eigenvalue weighted by Gasteiger charge is 2.47. The molecule has 2 aliphatic carbocycles. The zero-order valence-electron chi connectivity index (χ0n) is 23.5. The lowest BCUT2D eigenvalue weighted by Crippen LogP contribution is -2.50. The van der Waals surface area contributed by atoms with Crippen molar-refractivity contribution in [2.24, 2.45) is 29.4 Å². The lowest BCUT2D eigenvalue weighted by molar-refractivity contribution is -0.142. The number of aromatic amines is 1. The fourth-order valence-corrected chi connectivity index (χ4v) is 7.70. The predicted molar refractivity (Wildman–Crippen MR) is 153 cm³/mol. The normalized spacial score (nSPS) is 26.6. The molecular weight excluding hydrogens is 511 g/mol. The third kappa shape index (κ3) is 5.62. The number of nitrogens with one attached hydrogen (secondary N) is 2. The van der Waals surface area contributed by atoms with Crippen LogP contribution in [0.5, 0.6) is 0 Å². The van der Waals surface area contributed by atoms with Crippen molar-refractivity contribution in [2.45, 2.75) is 89.6 Å². The maximum atomic E-state index is 14.0. The van der Waals surface area contributed by atoms with Gasteiger partial charge in [0.05, 0.1) is 0 Å². The first-order valence-corrected chi connectivity index (χ1v) is 15.1. The van der Waals surface area contributed by atoms with Crippen LogP contribution in [0.15, 0.2) is 18.2 Å². The van der Waals surface area contributed by atoms with Crippen LogP contribution in [0, 0.1) is 23.7 Å². The van der Waals surface area contributed by atoms with E-state index in [-0.39, 0.29) is 35.3 Å². The zero-order chi connectivity index (χ0) is 28.4. The number of hydrogen-bond acceptors (Lipinski definition) is 4. The Bertz CT molecular complexity index is 1230. The molecule has 1 aromatic carbocycles. The lowest BCUT2D eigenvalue weighted by Gasteiger charge is -2.36. The van der Waals surface area contributed by atoms with Gasteiger partial charge >= 0.3 is 5.97 Å². The molecule has 2 aromatic rings. The van der Waals surface area contributed by atoms with Gasteiger partial charge in [0.25, 0.3) is 0 Å². The zero-order valence-corrected chi connectivity index (χ0v) is 23.5. The number of nitrogens with two attached hydrogens (primary N) is 1. The quantitative estimate of drug-likeness (QED) is 0.354. The van der Waals surface area contributed by atoms with Crippen molar-refractivity contribution in [3.8, 4) is 0 Å². The fourth-order valence-electron chi connectivity index (χ4n) is 7.70. The highest BCUT2D eigenvalue weighted by atomic mass is 19.1. The van der Waals surface area contributed by atoms with Crippen LogP contribution in [0.4, 0.5) is 10.1 Å².